The zero-order chi connectivity index (χ0) is 13.5. The lowest BCUT2D eigenvalue weighted by Gasteiger charge is -2.11. The summed E-state index contributed by atoms with van der Waals surface area (Å²) < 4.78 is 5.65. The van der Waals surface area contributed by atoms with Gasteiger partial charge in [-0.15, -0.1) is 0 Å². The second-order valence-electron chi connectivity index (χ2n) is 4.29. The second kappa shape index (κ2) is 6.64. The van der Waals surface area contributed by atoms with Crippen LogP contribution in [0.25, 0.3) is 0 Å². The summed E-state index contributed by atoms with van der Waals surface area (Å²) in [5.41, 5.74) is 7.59. The molecule has 0 saturated carbocycles. The minimum atomic E-state index is 0.694. The van der Waals surface area contributed by atoms with Crippen LogP contribution in [0.5, 0.6) is 5.75 Å². The lowest BCUT2D eigenvalue weighted by atomic mass is 10.2. The quantitative estimate of drug-likeness (QED) is 0.781. The standard InChI is InChI=1S/C15H19N3O/c1-2-10-19-14-4-3-9-17-15(14)18-11-12-5-7-13(16)8-6-12/h3-9H,2,10-11,16H2,1H3,(H,17,18). The predicted molar refractivity (Wildman–Crippen MR) is 78.2 cm³/mol. The van der Waals surface area contributed by atoms with E-state index in [0.29, 0.717) is 13.2 Å². The zero-order valence-electron chi connectivity index (χ0n) is 11.1. The van der Waals surface area contributed by atoms with Gasteiger partial charge in [0.05, 0.1) is 6.61 Å². The van der Waals surface area contributed by atoms with Crippen molar-refractivity contribution >= 4 is 11.5 Å². The topological polar surface area (TPSA) is 60.2 Å². The lowest BCUT2D eigenvalue weighted by molar-refractivity contribution is 0.318. The smallest absolute Gasteiger partial charge is 0.169 e. The molecule has 19 heavy (non-hydrogen) atoms. The van der Waals surface area contributed by atoms with Crippen molar-refractivity contribution in [3.05, 3.63) is 48.2 Å². The van der Waals surface area contributed by atoms with Crippen molar-refractivity contribution in [2.45, 2.75) is 19.9 Å². The van der Waals surface area contributed by atoms with E-state index in [9.17, 15) is 0 Å². The zero-order valence-corrected chi connectivity index (χ0v) is 11.1. The number of hydrogen-bond acceptors (Lipinski definition) is 4. The van der Waals surface area contributed by atoms with Crippen LogP contribution in [0, 0.1) is 0 Å². The number of ether oxygens (including phenoxy) is 1. The SMILES string of the molecule is CCCOc1cccnc1NCc1ccc(N)cc1. The summed E-state index contributed by atoms with van der Waals surface area (Å²) >= 11 is 0. The summed E-state index contributed by atoms with van der Waals surface area (Å²) in [6.45, 7) is 3.47. The van der Waals surface area contributed by atoms with Crippen molar-refractivity contribution in [3.63, 3.8) is 0 Å². The number of benzene rings is 1. The molecule has 4 heteroatoms. The van der Waals surface area contributed by atoms with Crippen LogP contribution in [0.4, 0.5) is 11.5 Å². The first kappa shape index (κ1) is 13.2. The third kappa shape index (κ3) is 3.88. The molecule has 0 saturated heterocycles. The van der Waals surface area contributed by atoms with E-state index in [2.05, 4.69) is 17.2 Å². The van der Waals surface area contributed by atoms with E-state index in [-0.39, 0.29) is 0 Å². The Kier molecular flexibility index (Phi) is 4.61. The molecule has 1 aromatic heterocycles. The highest BCUT2D eigenvalue weighted by molar-refractivity contribution is 5.50. The number of nitrogens with two attached hydrogens (primary N) is 1. The molecule has 2 rings (SSSR count). The van der Waals surface area contributed by atoms with Gasteiger partial charge < -0.3 is 15.8 Å². The van der Waals surface area contributed by atoms with E-state index in [0.717, 1.165) is 29.2 Å². The molecule has 0 fully saturated rings. The maximum Gasteiger partial charge on any atom is 0.169 e. The monoisotopic (exact) mass is 257 g/mol. The molecule has 0 atom stereocenters. The van der Waals surface area contributed by atoms with E-state index in [1.807, 2.05) is 36.4 Å². The Bertz CT molecular complexity index is 511. The normalized spacial score (nSPS) is 10.2. The molecule has 0 aliphatic carbocycles. The van der Waals surface area contributed by atoms with Crippen LogP contribution in [-0.4, -0.2) is 11.6 Å². The number of nitrogen functional groups attached to an aromatic ring is 1. The first-order valence-electron chi connectivity index (χ1n) is 6.45. The Labute approximate surface area is 113 Å². The molecule has 3 N–H and O–H groups in total. The van der Waals surface area contributed by atoms with E-state index >= 15 is 0 Å². The van der Waals surface area contributed by atoms with Gasteiger partial charge in [-0.05, 0) is 36.2 Å². The van der Waals surface area contributed by atoms with E-state index in [1.54, 1.807) is 6.20 Å². The number of nitrogens with zero attached hydrogens (tertiary/aromatic N) is 1. The molecule has 1 aromatic carbocycles. The molecule has 4 nitrogen and oxygen atoms in total. The Hall–Kier alpha value is -2.23. The molecule has 0 spiro atoms. The summed E-state index contributed by atoms with van der Waals surface area (Å²) in [7, 11) is 0. The summed E-state index contributed by atoms with van der Waals surface area (Å²) in [6.07, 6.45) is 2.73. The van der Waals surface area contributed by atoms with Crippen LogP contribution >= 0.6 is 0 Å². The van der Waals surface area contributed by atoms with Crippen molar-refractivity contribution in [2.24, 2.45) is 0 Å². The van der Waals surface area contributed by atoms with Gasteiger partial charge in [0.25, 0.3) is 0 Å². The van der Waals surface area contributed by atoms with Gasteiger partial charge in [0.2, 0.25) is 0 Å². The van der Waals surface area contributed by atoms with Gasteiger partial charge in [0, 0.05) is 18.4 Å². The first-order valence-corrected chi connectivity index (χ1v) is 6.45. The van der Waals surface area contributed by atoms with Crippen molar-refractivity contribution in [1.29, 1.82) is 0 Å². The number of pyridine rings is 1. The molecular weight excluding hydrogens is 238 g/mol. The Morgan fingerprint density at radius 3 is 2.74 bits per heavy atom. The number of anilines is 2. The average Bonchev–Trinajstić information content (AvgIpc) is 2.45. The fraction of sp³-hybridized carbons (Fsp3) is 0.267. The number of hydrogen-bond donors (Lipinski definition) is 2. The first-order chi connectivity index (χ1) is 9.29. The molecule has 2 aromatic rings. The van der Waals surface area contributed by atoms with Gasteiger partial charge in [0.1, 0.15) is 0 Å². The maximum atomic E-state index is 5.66. The van der Waals surface area contributed by atoms with E-state index in [1.165, 1.54) is 0 Å². The Balaban J connectivity index is 2.00. The minimum Gasteiger partial charge on any atom is -0.490 e. The van der Waals surface area contributed by atoms with Crippen molar-refractivity contribution in [2.75, 3.05) is 17.7 Å². The van der Waals surface area contributed by atoms with Crippen molar-refractivity contribution in [3.8, 4) is 5.75 Å². The van der Waals surface area contributed by atoms with Crippen LogP contribution in [0.1, 0.15) is 18.9 Å². The molecule has 0 aliphatic rings. The highest BCUT2D eigenvalue weighted by Crippen LogP contribution is 2.21. The Morgan fingerprint density at radius 2 is 2.00 bits per heavy atom. The molecule has 0 amide bonds. The van der Waals surface area contributed by atoms with Crippen LogP contribution < -0.4 is 15.8 Å². The number of nitrogens with one attached hydrogen (secondary N) is 1. The Morgan fingerprint density at radius 1 is 1.21 bits per heavy atom. The average molecular weight is 257 g/mol. The van der Waals surface area contributed by atoms with Gasteiger partial charge >= 0.3 is 0 Å². The molecule has 0 aliphatic heterocycles. The fourth-order valence-corrected chi connectivity index (χ4v) is 1.67. The van der Waals surface area contributed by atoms with E-state index < -0.39 is 0 Å². The van der Waals surface area contributed by atoms with E-state index in [4.69, 9.17) is 10.5 Å². The molecule has 0 bridgehead atoms. The van der Waals surface area contributed by atoms with Gasteiger partial charge in [-0.2, -0.15) is 0 Å². The highest BCUT2D eigenvalue weighted by atomic mass is 16.5. The number of rotatable bonds is 6. The molecule has 1 heterocycles. The molecule has 0 unspecified atom stereocenters. The number of aromatic nitrogens is 1. The minimum absolute atomic E-state index is 0.694. The largest absolute Gasteiger partial charge is 0.490 e. The van der Waals surface area contributed by atoms with Crippen LogP contribution in [-0.2, 0) is 6.54 Å². The van der Waals surface area contributed by atoms with Crippen LogP contribution in [0.3, 0.4) is 0 Å². The third-order valence-electron chi connectivity index (χ3n) is 2.67. The predicted octanol–water partition coefficient (Wildman–Crippen LogP) is 3.06. The summed E-state index contributed by atoms with van der Waals surface area (Å²) in [6, 6.07) is 11.6. The highest BCUT2D eigenvalue weighted by Gasteiger charge is 2.03. The maximum absolute atomic E-state index is 5.66. The third-order valence-corrected chi connectivity index (χ3v) is 2.67. The summed E-state index contributed by atoms with van der Waals surface area (Å²) in [5, 5.41) is 3.28. The summed E-state index contributed by atoms with van der Waals surface area (Å²) in [4.78, 5) is 4.30. The van der Waals surface area contributed by atoms with Gasteiger partial charge in [0.15, 0.2) is 11.6 Å². The lowest BCUT2D eigenvalue weighted by Crippen LogP contribution is -2.05. The van der Waals surface area contributed by atoms with Gasteiger partial charge in [-0.3, -0.25) is 0 Å². The van der Waals surface area contributed by atoms with Crippen LogP contribution in [0.15, 0.2) is 42.6 Å². The second-order valence-corrected chi connectivity index (χ2v) is 4.29. The molecule has 100 valence electrons. The van der Waals surface area contributed by atoms with Crippen LogP contribution in [0.2, 0.25) is 0 Å². The van der Waals surface area contributed by atoms with Crippen molar-refractivity contribution in [1.82, 2.24) is 4.98 Å². The molecule has 0 radical (unpaired) electrons. The van der Waals surface area contributed by atoms with Gasteiger partial charge in [-0.25, -0.2) is 4.98 Å². The van der Waals surface area contributed by atoms with Gasteiger partial charge in [-0.1, -0.05) is 19.1 Å². The van der Waals surface area contributed by atoms with Crippen molar-refractivity contribution < 1.29 is 4.74 Å². The summed E-state index contributed by atoms with van der Waals surface area (Å²) in [5.74, 6) is 1.56. The fourth-order valence-electron chi connectivity index (χ4n) is 1.67. The molecular formula is C15H19N3O.